The number of fused-ring (bicyclic) bond motifs is 1. The van der Waals surface area contributed by atoms with E-state index in [2.05, 4.69) is 10.0 Å². The monoisotopic (exact) mass is 346 g/mol. The summed E-state index contributed by atoms with van der Waals surface area (Å²) in [6.07, 6.45) is 1.02. The second-order valence-electron chi connectivity index (χ2n) is 5.50. The summed E-state index contributed by atoms with van der Waals surface area (Å²) in [5, 5.41) is 2.77. The van der Waals surface area contributed by atoms with Crippen LogP contribution in [0.2, 0.25) is 0 Å². The van der Waals surface area contributed by atoms with Crippen LogP contribution in [0.3, 0.4) is 0 Å². The van der Waals surface area contributed by atoms with Gasteiger partial charge in [-0.1, -0.05) is 18.2 Å². The maximum atomic E-state index is 12.1. The van der Waals surface area contributed by atoms with Gasteiger partial charge in [-0.3, -0.25) is 9.52 Å². The molecular formula is C17H18N2O4S. The Bertz CT molecular complexity index is 835. The van der Waals surface area contributed by atoms with E-state index in [1.807, 2.05) is 18.2 Å². The Morgan fingerprint density at radius 3 is 2.67 bits per heavy atom. The van der Waals surface area contributed by atoms with Gasteiger partial charge in [0.2, 0.25) is 15.9 Å². The zero-order valence-electron chi connectivity index (χ0n) is 13.0. The number of nitrogens with one attached hydrogen (secondary N) is 2. The predicted molar refractivity (Wildman–Crippen MR) is 92.7 cm³/mol. The fourth-order valence-electron chi connectivity index (χ4n) is 2.46. The van der Waals surface area contributed by atoms with Crippen LogP contribution < -0.4 is 14.8 Å². The highest BCUT2D eigenvalue weighted by molar-refractivity contribution is 7.92. The number of carbonyl (C=O) groups excluding carboxylic acids is 1. The van der Waals surface area contributed by atoms with Crippen LogP contribution in [0.5, 0.6) is 5.75 Å². The van der Waals surface area contributed by atoms with Crippen LogP contribution in [0.4, 0.5) is 11.4 Å². The summed E-state index contributed by atoms with van der Waals surface area (Å²) in [6, 6.07) is 14.2. The van der Waals surface area contributed by atoms with Crippen molar-refractivity contribution in [2.45, 2.75) is 12.8 Å². The van der Waals surface area contributed by atoms with Crippen LogP contribution in [-0.4, -0.2) is 26.7 Å². The van der Waals surface area contributed by atoms with E-state index in [-0.39, 0.29) is 18.3 Å². The highest BCUT2D eigenvalue weighted by Gasteiger charge is 2.16. The first-order valence-corrected chi connectivity index (χ1v) is 9.28. The van der Waals surface area contributed by atoms with Crippen molar-refractivity contribution in [3.63, 3.8) is 0 Å². The number of rotatable bonds is 6. The molecule has 2 aromatic carbocycles. The van der Waals surface area contributed by atoms with Crippen molar-refractivity contribution in [2.75, 3.05) is 22.4 Å². The quantitative estimate of drug-likeness (QED) is 0.841. The largest absolute Gasteiger partial charge is 0.492 e. The lowest BCUT2D eigenvalue weighted by molar-refractivity contribution is -0.116. The summed E-state index contributed by atoms with van der Waals surface area (Å²) in [5.41, 5.74) is 2.15. The smallest absolute Gasteiger partial charge is 0.236 e. The fourth-order valence-corrected chi connectivity index (χ4v) is 3.35. The van der Waals surface area contributed by atoms with E-state index in [4.69, 9.17) is 4.74 Å². The van der Waals surface area contributed by atoms with Crippen molar-refractivity contribution in [2.24, 2.45) is 0 Å². The lowest BCUT2D eigenvalue weighted by Gasteiger charge is -2.18. The summed E-state index contributed by atoms with van der Waals surface area (Å²) in [7, 11) is -3.50. The minimum atomic E-state index is -3.50. The summed E-state index contributed by atoms with van der Waals surface area (Å²) >= 11 is 0. The molecule has 1 amide bonds. The predicted octanol–water partition coefficient (Wildman–Crippen LogP) is 2.39. The molecule has 2 aromatic rings. The molecule has 1 aliphatic rings. The molecule has 2 N–H and O–H groups in total. The number of ether oxygens (including phenoxy) is 1. The average molecular weight is 346 g/mol. The molecule has 6 nitrogen and oxygen atoms in total. The lowest BCUT2D eigenvalue weighted by atomic mass is 10.0. The third kappa shape index (κ3) is 4.26. The number of sulfonamides is 1. The number of benzene rings is 2. The molecule has 0 fully saturated rings. The van der Waals surface area contributed by atoms with Crippen LogP contribution in [0.1, 0.15) is 12.0 Å². The third-order valence-electron chi connectivity index (χ3n) is 3.64. The fraction of sp³-hybridized carbons (Fsp3) is 0.235. The van der Waals surface area contributed by atoms with Gasteiger partial charge in [0.1, 0.15) is 18.1 Å². The van der Waals surface area contributed by atoms with Gasteiger partial charge in [0.05, 0.1) is 0 Å². The lowest BCUT2D eigenvalue weighted by Crippen LogP contribution is -2.22. The average Bonchev–Trinajstić information content (AvgIpc) is 2.55. The van der Waals surface area contributed by atoms with Gasteiger partial charge in [-0.15, -0.1) is 0 Å². The minimum absolute atomic E-state index is 0.0195. The highest BCUT2D eigenvalue weighted by Crippen LogP contribution is 2.26. The van der Waals surface area contributed by atoms with Crippen LogP contribution in [0.15, 0.2) is 48.5 Å². The van der Waals surface area contributed by atoms with Crippen molar-refractivity contribution < 1.29 is 17.9 Å². The standard InChI is InChI=1S/C17H18N2O4S/c20-17-9-6-13-12-14(7-8-16(13)18-17)19-24(21,22)11-10-23-15-4-2-1-3-5-15/h1-5,7-8,12,19H,6,9-11H2,(H,18,20). The number of aryl methyl sites for hydroxylation is 1. The zero-order chi connectivity index (χ0) is 17.0. The molecule has 0 unspecified atom stereocenters. The van der Waals surface area contributed by atoms with Crippen molar-refractivity contribution in [3.8, 4) is 5.75 Å². The van der Waals surface area contributed by atoms with Crippen LogP contribution >= 0.6 is 0 Å². The van der Waals surface area contributed by atoms with E-state index in [1.54, 1.807) is 30.3 Å². The summed E-state index contributed by atoms with van der Waals surface area (Å²) < 4.78 is 32.3. The number of para-hydroxylation sites is 1. The Morgan fingerprint density at radius 1 is 1.08 bits per heavy atom. The first-order valence-electron chi connectivity index (χ1n) is 7.63. The molecule has 24 heavy (non-hydrogen) atoms. The van der Waals surface area contributed by atoms with Gasteiger partial charge in [-0.05, 0) is 42.3 Å². The molecule has 1 aliphatic heterocycles. The van der Waals surface area contributed by atoms with Crippen LogP contribution in [-0.2, 0) is 21.2 Å². The van der Waals surface area contributed by atoms with E-state index in [0.29, 0.717) is 24.3 Å². The molecular weight excluding hydrogens is 328 g/mol. The minimum Gasteiger partial charge on any atom is -0.492 e. The summed E-state index contributed by atoms with van der Waals surface area (Å²) in [5.74, 6) is 0.474. The SMILES string of the molecule is O=C1CCc2cc(NS(=O)(=O)CCOc3ccccc3)ccc2N1. The maximum absolute atomic E-state index is 12.1. The Balaban J connectivity index is 1.59. The molecule has 0 aliphatic carbocycles. The van der Waals surface area contributed by atoms with Crippen LogP contribution in [0.25, 0.3) is 0 Å². The molecule has 0 saturated heterocycles. The van der Waals surface area contributed by atoms with E-state index >= 15 is 0 Å². The second-order valence-corrected chi connectivity index (χ2v) is 7.34. The van der Waals surface area contributed by atoms with Gasteiger partial charge < -0.3 is 10.1 Å². The number of anilines is 2. The molecule has 0 radical (unpaired) electrons. The van der Waals surface area contributed by atoms with Gasteiger partial charge in [0.15, 0.2) is 0 Å². The van der Waals surface area contributed by atoms with E-state index < -0.39 is 10.0 Å². The summed E-state index contributed by atoms with van der Waals surface area (Å²) in [4.78, 5) is 11.3. The van der Waals surface area contributed by atoms with Gasteiger partial charge in [-0.25, -0.2) is 8.42 Å². The highest BCUT2D eigenvalue weighted by atomic mass is 32.2. The Labute approximate surface area is 140 Å². The van der Waals surface area contributed by atoms with Crippen LogP contribution in [0, 0.1) is 0 Å². The molecule has 0 aromatic heterocycles. The summed E-state index contributed by atoms with van der Waals surface area (Å²) in [6.45, 7) is 0.0698. The van der Waals surface area contributed by atoms with Crippen molar-refractivity contribution in [1.29, 1.82) is 0 Å². The van der Waals surface area contributed by atoms with Gasteiger partial charge >= 0.3 is 0 Å². The van der Waals surface area contributed by atoms with E-state index in [9.17, 15) is 13.2 Å². The molecule has 1 heterocycles. The van der Waals surface area contributed by atoms with Crippen molar-refractivity contribution >= 4 is 27.3 Å². The van der Waals surface area contributed by atoms with Gasteiger partial charge in [-0.2, -0.15) is 0 Å². The molecule has 0 spiro atoms. The molecule has 126 valence electrons. The first-order chi connectivity index (χ1) is 11.5. The topological polar surface area (TPSA) is 84.5 Å². The molecule has 3 rings (SSSR count). The Hall–Kier alpha value is -2.54. The second kappa shape index (κ2) is 6.92. The molecule has 7 heteroatoms. The third-order valence-corrected chi connectivity index (χ3v) is 4.89. The molecule has 0 bridgehead atoms. The molecule has 0 saturated carbocycles. The van der Waals surface area contributed by atoms with Crippen molar-refractivity contribution in [3.05, 3.63) is 54.1 Å². The van der Waals surface area contributed by atoms with Gasteiger partial charge in [0, 0.05) is 17.8 Å². The maximum Gasteiger partial charge on any atom is 0.236 e. The van der Waals surface area contributed by atoms with E-state index in [1.165, 1.54) is 0 Å². The van der Waals surface area contributed by atoms with E-state index in [0.717, 1.165) is 11.3 Å². The number of amides is 1. The van der Waals surface area contributed by atoms with Crippen molar-refractivity contribution in [1.82, 2.24) is 0 Å². The zero-order valence-corrected chi connectivity index (χ0v) is 13.8. The number of carbonyl (C=O) groups is 1. The molecule has 0 atom stereocenters. The normalized spacial score (nSPS) is 13.8. The number of hydrogen-bond acceptors (Lipinski definition) is 4. The van der Waals surface area contributed by atoms with Gasteiger partial charge in [0.25, 0.3) is 0 Å². The Kier molecular flexibility index (Phi) is 4.71. The Morgan fingerprint density at radius 2 is 1.88 bits per heavy atom. The number of hydrogen-bond donors (Lipinski definition) is 2. The first kappa shape index (κ1) is 16.3.